The SMILES string of the molecule is CN(C)[C@H]1CCC[C@@]12CCN(c1ccc(S(=O)(=O)Nc3cccc(F)n3)c(F)c1Cl)C2. The van der Waals surface area contributed by atoms with Gasteiger partial charge in [0.25, 0.3) is 10.0 Å². The molecule has 0 radical (unpaired) electrons. The first kappa shape index (κ1) is 22.2. The minimum Gasteiger partial charge on any atom is -0.370 e. The van der Waals surface area contributed by atoms with E-state index >= 15 is 4.39 Å². The summed E-state index contributed by atoms with van der Waals surface area (Å²) in [4.78, 5) is 7.16. The second-order valence-electron chi connectivity index (χ2n) is 8.57. The third-order valence-corrected chi connectivity index (χ3v) is 8.21. The highest BCUT2D eigenvalue weighted by Gasteiger charge is 2.48. The van der Waals surface area contributed by atoms with Gasteiger partial charge in [0.2, 0.25) is 5.95 Å². The lowest BCUT2D eigenvalue weighted by Crippen LogP contribution is -2.42. The van der Waals surface area contributed by atoms with Crippen LogP contribution in [-0.2, 0) is 10.0 Å². The molecule has 1 aliphatic carbocycles. The Bertz CT molecular complexity index is 1100. The van der Waals surface area contributed by atoms with Gasteiger partial charge in [-0.3, -0.25) is 4.72 Å². The van der Waals surface area contributed by atoms with Crippen LogP contribution in [-0.4, -0.2) is 51.5 Å². The molecule has 2 aromatic rings. The number of benzene rings is 1. The van der Waals surface area contributed by atoms with Crippen molar-refractivity contribution in [1.29, 1.82) is 0 Å². The molecule has 10 heteroatoms. The van der Waals surface area contributed by atoms with E-state index in [0.717, 1.165) is 44.8 Å². The Labute approximate surface area is 186 Å². The van der Waals surface area contributed by atoms with Crippen molar-refractivity contribution in [3.8, 4) is 0 Å². The van der Waals surface area contributed by atoms with Crippen LogP contribution in [0.4, 0.5) is 20.3 Å². The van der Waals surface area contributed by atoms with Crippen LogP contribution in [0.3, 0.4) is 0 Å². The normalized spacial score (nSPS) is 23.8. The van der Waals surface area contributed by atoms with Crippen molar-refractivity contribution in [2.24, 2.45) is 5.41 Å². The minimum atomic E-state index is -4.33. The topological polar surface area (TPSA) is 65.5 Å². The molecule has 1 saturated heterocycles. The first-order valence-corrected chi connectivity index (χ1v) is 12.0. The van der Waals surface area contributed by atoms with Gasteiger partial charge in [0.15, 0.2) is 5.82 Å². The van der Waals surface area contributed by atoms with Crippen LogP contribution in [0.15, 0.2) is 35.2 Å². The van der Waals surface area contributed by atoms with Crippen LogP contribution in [0.5, 0.6) is 0 Å². The molecule has 1 aromatic carbocycles. The van der Waals surface area contributed by atoms with Crippen molar-refractivity contribution in [2.75, 3.05) is 36.8 Å². The Morgan fingerprint density at radius 2 is 2.00 bits per heavy atom. The Kier molecular flexibility index (Phi) is 5.87. The van der Waals surface area contributed by atoms with Gasteiger partial charge >= 0.3 is 0 Å². The maximum atomic E-state index is 15.1. The van der Waals surface area contributed by atoms with Crippen LogP contribution in [0.2, 0.25) is 5.02 Å². The fourth-order valence-corrected chi connectivity index (χ4v) is 6.56. The predicted octanol–water partition coefficient (Wildman–Crippen LogP) is 4.12. The number of hydrogen-bond donors (Lipinski definition) is 1. The number of aromatic nitrogens is 1. The van der Waals surface area contributed by atoms with Crippen molar-refractivity contribution in [1.82, 2.24) is 9.88 Å². The molecule has 2 heterocycles. The van der Waals surface area contributed by atoms with Crippen molar-refractivity contribution >= 4 is 33.1 Å². The molecule has 2 atom stereocenters. The Morgan fingerprint density at radius 3 is 2.71 bits per heavy atom. The monoisotopic (exact) mass is 470 g/mol. The first-order chi connectivity index (χ1) is 14.6. The third kappa shape index (κ3) is 4.10. The summed E-state index contributed by atoms with van der Waals surface area (Å²) >= 11 is 6.31. The highest BCUT2D eigenvalue weighted by atomic mass is 35.5. The van der Waals surface area contributed by atoms with E-state index in [4.69, 9.17) is 11.6 Å². The fourth-order valence-electron chi connectivity index (χ4n) is 5.13. The van der Waals surface area contributed by atoms with Crippen molar-refractivity contribution in [2.45, 2.75) is 36.6 Å². The molecule has 0 bridgehead atoms. The van der Waals surface area contributed by atoms with Gasteiger partial charge < -0.3 is 9.80 Å². The van der Waals surface area contributed by atoms with E-state index in [1.54, 1.807) is 0 Å². The number of nitrogens with one attached hydrogen (secondary N) is 1. The third-order valence-electron chi connectivity index (χ3n) is 6.48. The zero-order chi connectivity index (χ0) is 22.4. The quantitative estimate of drug-likeness (QED) is 0.666. The lowest BCUT2D eigenvalue weighted by Gasteiger charge is -2.36. The summed E-state index contributed by atoms with van der Waals surface area (Å²) < 4.78 is 55.7. The van der Waals surface area contributed by atoms with Gasteiger partial charge in [-0.25, -0.2) is 17.8 Å². The minimum absolute atomic E-state index is 0.138. The van der Waals surface area contributed by atoms with Crippen LogP contribution in [0.1, 0.15) is 25.7 Å². The summed E-state index contributed by atoms with van der Waals surface area (Å²) in [5.41, 5.74) is 0.627. The molecule has 1 aliphatic heterocycles. The van der Waals surface area contributed by atoms with Gasteiger partial charge in [-0.2, -0.15) is 4.39 Å². The number of sulfonamides is 1. The van der Waals surface area contributed by atoms with Gasteiger partial charge in [0.1, 0.15) is 15.7 Å². The fraction of sp³-hybridized carbons (Fsp3) is 0.476. The summed E-state index contributed by atoms with van der Waals surface area (Å²) in [7, 11) is -0.149. The van der Waals surface area contributed by atoms with E-state index in [2.05, 4.69) is 28.7 Å². The number of nitrogens with zero attached hydrogens (tertiary/aromatic N) is 3. The molecule has 2 fully saturated rings. The maximum Gasteiger partial charge on any atom is 0.266 e. The maximum absolute atomic E-state index is 15.1. The number of halogens is 3. The van der Waals surface area contributed by atoms with E-state index in [9.17, 15) is 12.8 Å². The second-order valence-corrected chi connectivity index (χ2v) is 10.6. The molecule has 31 heavy (non-hydrogen) atoms. The lowest BCUT2D eigenvalue weighted by molar-refractivity contribution is 0.153. The van der Waals surface area contributed by atoms with E-state index in [1.807, 2.05) is 4.90 Å². The molecule has 0 unspecified atom stereocenters. The molecular formula is C21H25ClF2N4O2S. The molecule has 2 aliphatic rings. The van der Waals surface area contributed by atoms with Gasteiger partial charge in [-0.15, -0.1) is 0 Å². The second kappa shape index (κ2) is 8.18. The zero-order valence-corrected chi connectivity index (χ0v) is 19.0. The summed E-state index contributed by atoms with van der Waals surface area (Å²) in [6.07, 6.45) is 4.40. The van der Waals surface area contributed by atoms with E-state index in [0.29, 0.717) is 11.7 Å². The largest absolute Gasteiger partial charge is 0.370 e. The van der Waals surface area contributed by atoms with Crippen LogP contribution in [0.25, 0.3) is 0 Å². The molecular weight excluding hydrogens is 446 g/mol. The zero-order valence-electron chi connectivity index (χ0n) is 17.4. The van der Waals surface area contributed by atoms with Crippen LogP contribution >= 0.6 is 11.6 Å². The van der Waals surface area contributed by atoms with E-state index in [-0.39, 0.29) is 16.3 Å². The first-order valence-electron chi connectivity index (χ1n) is 10.2. The lowest BCUT2D eigenvalue weighted by atomic mass is 9.81. The van der Waals surface area contributed by atoms with Crippen molar-refractivity contribution in [3.05, 3.63) is 47.1 Å². The summed E-state index contributed by atoms with van der Waals surface area (Å²) in [5.74, 6) is -2.11. The van der Waals surface area contributed by atoms with Gasteiger partial charge in [-0.05, 0) is 57.6 Å². The summed E-state index contributed by atoms with van der Waals surface area (Å²) in [5, 5.41) is -0.230. The highest BCUT2D eigenvalue weighted by molar-refractivity contribution is 7.92. The Balaban J connectivity index is 1.60. The predicted molar refractivity (Wildman–Crippen MR) is 117 cm³/mol. The molecule has 1 saturated carbocycles. The van der Waals surface area contributed by atoms with Gasteiger partial charge in [-0.1, -0.05) is 24.1 Å². The summed E-state index contributed by atoms with van der Waals surface area (Å²) in [6, 6.07) is 6.86. The van der Waals surface area contributed by atoms with Crippen molar-refractivity contribution < 1.29 is 17.2 Å². The average Bonchev–Trinajstić information content (AvgIpc) is 3.30. The average molecular weight is 471 g/mol. The smallest absolute Gasteiger partial charge is 0.266 e. The number of pyridine rings is 1. The molecule has 168 valence electrons. The van der Waals surface area contributed by atoms with E-state index < -0.39 is 26.7 Å². The number of anilines is 2. The highest BCUT2D eigenvalue weighted by Crippen LogP contribution is 2.49. The van der Waals surface area contributed by atoms with Gasteiger partial charge in [0, 0.05) is 24.5 Å². The Hall–Kier alpha value is -1.97. The summed E-state index contributed by atoms with van der Waals surface area (Å²) in [6.45, 7) is 1.49. The molecule has 0 amide bonds. The molecule has 1 spiro atoms. The van der Waals surface area contributed by atoms with Crippen LogP contribution in [0, 0.1) is 17.2 Å². The number of rotatable bonds is 5. The van der Waals surface area contributed by atoms with Crippen molar-refractivity contribution in [3.63, 3.8) is 0 Å². The molecule has 1 aromatic heterocycles. The van der Waals surface area contributed by atoms with Gasteiger partial charge in [0.05, 0.1) is 5.69 Å². The molecule has 4 rings (SSSR count). The standard InChI is InChI=1S/C21H25ClF2N4O2S/c1-27(2)16-5-4-10-21(16)11-12-28(13-21)14-8-9-15(20(24)19(14)22)31(29,30)26-18-7-3-6-17(23)25-18/h3,6-9,16H,4-5,10-13H2,1-2H3,(H,25,26)/t16-,21-/m0/s1. The molecule has 6 nitrogen and oxygen atoms in total. The molecule has 1 N–H and O–H groups in total. The van der Waals surface area contributed by atoms with Crippen LogP contribution < -0.4 is 9.62 Å². The Morgan fingerprint density at radius 1 is 1.23 bits per heavy atom. The van der Waals surface area contributed by atoms with E-state index in [1.165, 1.54) is 24.3 Å². The number of hydrogen-bond acceptors (Lipinski definition) is 5.